The van der Waals surface area contributed by atoms with Crippen LogP contribution in [0, 0.1) is 11.3 Å². The summed E-state index contributed by atoms with van der Waals surface area (Å²) < 4.78 is 5.19. The van der Waals surface area contributed by atoms with Crippen molar-refractivity contribution >= 4 is 5.91 Å². The fraction of sp³-hybridized carbons (Fsp3) is 0.833. The number of rotatable bonds is 7. The van der Waals surface area contributed by atoms with Crippen LogP contribution >= 0.6 is 0 Å². The van der Waals surface area contributed by atoms with E-state index in [1.54, 1.807) is 0 Å². The first-order valence-corrected chi connectivity index (χ1v) is 6.28. The Morgan fingerprint density at radius 3 is 2.76 bits per heavy atom. The summed E-state index contributed by atoms with van der Waals surface area (Å²) in [5.74, 6) is 0.206. The van der Waals surface area contributed by atoms with E-state index in [9.17, 15) is 4.79 Å². The topological polar surface area (TPSA) is 65.4 Å². The number of carbonyl (C=O) groups excluding carboxylic acids is 1. The molecule has 1 saturated heterocycles. The van der Waals surface area contributed by atoms with Gasteiger partial charge < -0.3 is 15.0 Å². The Hall–Kier alpha value is -1.12. The first-order chi connectivity index (χ1) is 8.34. The van der Waals surface area contributed by atoms with Gasteiger partial charge in [-0.2, -0.15) is 5.26 Å². The van der Waals surface area contributed by atoms with Crippen molar-refractivity contribution in [3.05, 3.63) is 0 Å². The van der Waals surface area contributed by atoms with Crippen molar-refractivity contribution in [1.29, 1.82) is 5.26 Å². The van der Waals surface area contributed by atoms with Gasteiger partial charge in [-0.05, 0) is 19.4 Å². The molecule has 0 unspecified atom stereocenters. The third-order valence-corrected chi connectivity index (χ3v) is 2.77. The Bertz CT molecular complexity index is 257. The molecule has 1 rings (SSSR count). The number of hydrogen-bond donors (Lipinski definition) is 1. The molecule has 0 spiro atoms. The van der Waals surface area contributed by atoms with Crippen LogP contribution in [0.1, 0.15) is 25.7 Å². The number of nitrogens with zero attached hydrogens (tertiary/aromatic N) is 2. The molecule has 1 aliphatic rings. The Labute approximate surface area is 103 Å². The second kappa shape index (κ2) is 8.97. The van der Waals surface area contributed by atoms with Gasteiger partial charge in [0, 0.05) is 32.5 Å². The number of nitriles is 1. The molecule has 1 amide bonds. The molecular weight excluding hydrogens is 218 g/mol. The predicted molar refractivity (Wildman–Crippen MR) is 64.3 cm³/mol. The van der Waals surface area contributed by atoms with Crippen LogP contribution in [-0.2, 0) is 9.53 Å². The van der Waals surface area contributed by atoms with Gasteiger partial charge in [-0.15, -0.1) is 0 Å². The Morgan fingerprint density at radius 1 is 1.29 bits per heavy atom. The largest absolute Gasteiger partial charge is 0.378 e. The van der Waals surface area contributed by atoms with Crippen LogP contribution in [0.4, 0.5) is 0 Å². The lowest BCUT2D eigenvalue weighted by atomic mass is 10.2. The maximum Gasteiger partial charge on any atom is 0.224 e. The van der Waals surface area contributed by atoms with Gasteiger partial charge in [-0.3, -0.25) is 4.79 Å². The molecule has 1 fully saturated rings. The SMILES string of the molecule is N#CCCCCNCCC(=O)N1CCOCC1. The number of hydrogen-bond acceptors (Lipinski definition) is 4. The third-order valence-electron chi connectivity index (χ3n) is 2.77. The van der Waals surface area contributed by atoms with E-state index in [2.05, 4.69) is 11.4 Å². The van der Waals surface area contributed by atoms with Gasteiger partial charge in [0.2, 0.25) is 5.91 Å². The van der Waals surface area contributed by atoms with Gasteiger partial charge >= 0.3 is 0 Å². The van der Waals surface area contributed by atoms with Gasteiger partial charge in [-0.1, -0.05) is 0 Å². The lowest BCUT2D eigenvalue weighted by Gasteiger charge is -2.26. The summed E-state index contributed by atoms with van der Waals surface area (Å²) in [6, 6.07) is 2.12. The molecule has 5 heteroatoms. The molecule has 1 heterocycles. The highest BCUT2D eigenvalue weighted by molar-refractivity contribution is 5.76. The van der Waals surface area contributed by atoms with E-state index in [1.165, 1.54) is 0 Å². The minimum atomic E-state index is 0.206. The standard InChI is InChI=1S/C12H21N3O2/c13-5-2-1-3-6-14-7-4-12(16)15-8-10-17-11-9-15/h14H,1-4,6-11H2. The van der Waals surface area contributed by atoms with E-state index in [0.717, 1.165) is 39.0 Å². The van der Waals surface area contributed by atoms with Gasteiger partial charge in [0.05, 0.1) is 19.3 Å². The summed E-state index contributed by atoms with van der Waals surface area (Å²) in [5, 5.41) is 11.6. The van der Waals surface area contributed by atoms with Crippen molar-refractivity contribution in [1.82, 2.24) is 10.2 Å². The second-order valence-electron chi connectivity index (χ2n) is 4.11. The average molecular weight is 239 g/mol. The van der Waals surface area contributed by atoms with Crippen LogP contribution in [-0.4, -0.2) is 50.2 Å². The van der Waals surface area contributed by atoms with Crippen LogP contribution in [0.5, 0.6) is 0 Å². The molecule has 1 aliphatic heterocycles. The highest BCUT2D eigenvalue weighted by atomic mass is 16.5. The van der Waals surface area contributed by atoms with Gasteiger partial charge in [0.25, 0.3) is 0 Å². The molecule has 0 bridgehead atoms. The quantitative estimate of drug-likeness (QED) is 0.658. The molecule has 0 aromatic heterocycles. The number of ether oxygens (including phenoxy) is 1. The van der Waals surface area contributed by atoms with Crippen LogP contribution in [0.15, 0.2) is 0 Å². The summed E-state index contributed by atoms with van der Waals surface area (Å²) in [7, 11) is 0. The highest BCUT2D eigenvalue weighted by Gasteiger charge is 2.15. The molecule has 17 heavy (non-hydrogen) atoms. The molecule has 0 saturated carbocycles. The van der Waals surface area contributed by atoms with E-state index < -0.39 is 0 Å². The minimum absolute atomic E-state index is 0.206. The summed E-state index contributed by atoms with van der Waals surface area (Å²) in [5.41, 5.74) is 0. The monoisotopic (exact) mass is 239 g/mol. The van der Waals surface area contributed by atoms with Crippen molar-refractivity contribution in [2.24, 2.45) is 0 Å². The first-order valence-electron chi connectivity index (χ1n) is 6.28. The Kier molecular flexibility index (Phi) is 7.35. The van der Waals surface area contributed by atoms with Gasteiger partial charge in [-0.25, -0.2) is 0 Å². The molecule has 0 aliphatic carbocycles. The van der Waals surface area contributed by atoms with E-state index in [0.29, 0.717) is 26.1 Å². The van der Waals surface area contributed by atoms with Crippen molar-refractivity contribution < 1.29 is 9.53 Å². The zero-order chi connectivity index (χ0) is 12.3. The number of morpholine rings is 1. The molecular formula is C12H21N3O2. The molecule has 0 aromatic carbocycles. The van der Waals surface area contributed by atoms with E-state index in [1.807, 2.05) is 4.90 Å². The summed E-state index contributed by atoms with van der Waals surface area (Å²) in [4.78, 5) is 13.6. The highest BCUT2D eigenvalue weighted by Crippen LogP contribution is 1.99. The van der Waals surface area contributed by atoms with Crippen LogP contribution in [0.3, 0.4) is 0 Å². The van der Waals surface area contributed by atoms with E-state index >= 15 is 0 Å². The molecule has 5 nitrogen and oxygen atoms in total. The van der Waals surface area contributed by atoms with E-state index in [4.69, 9.17) is 10.00 Å². The molecule has 96 valence electrons. The Morgan fingerprint density at radius 2 is 2.06 bits per heavy atom. The number of carbonyl (C=O) groups is 1. The fourth-order valence-electron chi connectivity index (χ4n) is 1.75. The molecule has 0 atom stereocenters. The minimum Gasteiger partial charge on any atom is -0.378 e. The van der Waals surface area contributed by atoms with Gasteiger partial charge in [0.1, 0.15) is 0 Å². The van der Waals surface area contributed by atoms with Crippen molar-refractivity contribution in [2.75, 3.05) is 39.4 Å². The molecule has 1 N–H and O–H groups in total. The smallest absolute Gasteiger partial charge is 0.224 e. The zero-order valence-corrected chi connectivity index (χ0v) is 10.3. The maximum absolute atomic E-state index is 11.7. The normalized spacial score (nSPS) is 15.6. The number of amides is 1. The summed E-state index contributed by atoms with van der Waals surface area (Å²) in [6.07, 6.45) is 3.10. The predicted octanol–water partition coefficient (Wildman–Crippen LogP) is 0.519. The maximum atomic E-state index is 11.7. The lowest BCUT2D eigenvalue weighted by molar-refractivity contribution is -0.135. The van der Waals surface area contributed by atoms with Crippen LogP contribution in [0.2, 0.25) is 0 Å². The zero-order valence-electron chi connectivity index (χ0n) is 10.3. The van der Waals surface area contributed by atoms with Crippen molar-refractivity contribution in [2.45, 2.75) is 25.7 Å². The average Bonchev–Trinajstić information content (AvgIpc) is 2.38. The van der Waals surface area contributed by atoms with E-state index in [-0.39, 0.29) is 5.91 Å². The number of nitrogens with one attached hydrogen (secondary N) is 1. The Balaban J connectivity index is 1.95. The lowest BCUT2D eigenvalue weighted by Crippen LogP contribution is -2.41. The van der Waals surface area contributed by atoms with Gasteiger partial charge in [0.15, 0.2) is 0 Å². The molecule has 0 aromatic rings. The molecule has 0 radical (unpaired) electrons. The second-order valence-corrected chi connectivity index (χ2v) is 4.11. The van der Waals surface area contributed by atoms with Crippen molar-refractivity contribution in [3.63, 3.8) is 0 Å². The third kappa shape index (κ3) is 6.25. The summed E-state index contributed by atoms with van der Waals surface area (Å²) >= 11 is 0. The summed E-state index contributed by atoms with van der Waals surface area (Å²) in [6.45, 7) is 4.38. The first kappa shape index (κ1) is 13.9. The number of unbranched alkanes of at least 4 members (excludes halogenated alkanes) is 2. The van der Waals surface area contributed by atoms with Crippen molar-refractivity contribution in [3.8, 4) is 6.07 Å². The van der Waals surface area contributed by atoms with Crippen LogP contribution < -0.4 is 5.32 Å². The fourth-order valence-corrected chi connectivity index (χ4v) is 1.75. The van der Waals surface area contributed by atoms with Crippen LogP contribution in [0.25, 0.3) is 0 Å².